The van der Waals surface area contributed by atoms with Crippen LogP contribution in [0.15, 0.2) is 11.6 Å². The van der Waals surface area contributed by atoms with Gasteiger partial charge in [0.2, 0.25) is 0 Å². The van der Waals surface area contributed by atoms with E-state index in [0.29, 0.717) is 6.42 Å². The van der Waals surface area contributed by atoms with E-state index in [9.17, 15) is 20.1 Å². The maximum atomic E-state index is 11.6. The van der Waals surface area contributed by atoms with Gasteiger partial charge < -0.3 is 29.5 Å². The van der Waals surface area contributed by atoms with E-state index in [1.165, 1.54) is 77.0 Å². The molecule has 0 aromatic carbocycles. The van der Waals surface area contributed by atoms with Gasteiger partial charge >= 0.3 is 5.97 Å². The van der Waals surface area contributed by atoms with Gasteiger partial charge in [0.1, 0.15) is 12.2 Å². The van der Waals surface area contributed by atoms with E-state index >= 15 is 0 Å². The zero-order valence-corrected chi connectivity index (χ0v) is 28.1. The smallest absolute Gasteiger partial charge is 0.334 e. The third kappa shape index (κ3) is 13.8. The molecule has 3 N–H and O–H groups in total. The Morgan fingerprint density at radius 3 is 1.75 bits per heavy atom. The molecule has 0 radical (unpaired) electrons. The first kappa shape index (κ1) is 37.5. The Bertz CT molecular complexity index is 801. The van der Waals surface area contributed by atoms with Crippen LogP contribution in [-0.4, -0.2) is 70.1 Å². The molecule has 2 fully saturated rings. The van der Waals surface area contributed by atoms with E-state index in [-0.39, 0.29) is 36.5 Å². The molecule has 8 atom stereocenters. The number of carbonyl (C=O) groups is 1. The second kappa shape index (κ2) is 21.7. The van der Waals surface area contributed by atoms with Crippen LogP contribution in [0, 0.1) is 0 Å². The molecular formula is C37H66O7. The van der Waals surface area contributed by atoms with Gasteiger partial charge in [0.15, 0.2) is 0 Å². The first-order valence-corrected chi connectivity index (χ1v) is 18.7. The molecule has 0 aromatic rings. The lowest BCUT2D eigenvalue weighted by atomic mass is 9.98. The highest BCUT2D eigenvalue weighted by atomic mass is 16.6. The predicted molar refractivity (Wildman–Crippen MR) is 175 cm³/mol. The SMILES string of the molecule is CCCCCCCCC[C@H](O)[C@H](O)[C@@H]1CC[C@H]([C@@H]2CC[C@H]([C@H](O)CCCCCCCCCCCCC3=C[C@H](C)OC3=O)O2)O1. The van der Waals surface area contributed by atoms with Crippen LogP contribution in [0.2, 0.25) is 0 Å². The van der Waals surface area contributed by atoms with Crippen molar-refractivity contribution < 1.29 is 34.3 Å². The summed E-state index contributed by atoms with van der Waals surface area (Å²) in [7, 11) is 0. The summed E-state index contributed by atoms with van der Waals surface area (Å²) in [6, 6.07) is 0. The molecule has 0 spiro atoms. The number of hydrogen-bond donors (Lipinski definition) is 3. The normalized spacial score (nSPS) is 27.4. The van der Waals surface area contributed by atoms with Crippen LogP contribution in [0.5, 0.6) is 0 Å². The highest BCUT2D eigenvalue weighted by molar-refractivity contribution is 5.90. The second-order valence-electron chi connectivity index (χ2n) is 14.0. The van der Waals surface area contributed by atoms with Crippen molar-refractivity contribution in [2.45, 2.75) is 217 Å². The number of aliphatic hydroxyl groups is 3. The van der Waals surface area contributed by atoms with E-state index in [1.54, 1.807) is 0 Å². The minimum absolute atomic E-state index is 0.0212. The van der Waals surface area contributed by atoms with E-state index in [1.807, 2.05) is 13.0 Å². The van der Waals surface area contributed by atoms with Crippen LogP contribution < -0.4 is 0 Å². The summed E-state index contributed by atoms with van der Waals surface area (Å²) < 4.78 is 17.6. The van der Waals surface area contributed by atoms with Crippen molar-refractivity contribution in [3.8, 4) is 0 Å². The maximum Gasteiger partial charge on any atom is 0.334 e. The molecule has 2 saturated heterocycles. The van der Waals surface area contributed by atoms with Crippen molar-refractivity contribution in [2.75, 3.05) is 0 Å². The van der Waals surface area contributed by atoms with Crippen LogP contribution >= 0.6 is 0 Å². The number of rotatable bonds is 25. The molecule has 256 valence electrons. The Balaban J connectivity index is 1.14. The highest BCUT2D eigenvalue weighted by Gasteiger charge is 2.42. The number of carbonyl (C=O) groups excluding carboxylic acids is 1. The van der Waals surface area contributed by atoms with Crippen LogP contribution in [0.4, 0.5) is 0 Å². The zero-order valence-electron chi connectivity index (χ0n) is 28.1. The van der Waals surface area contributed by atoms with Crippen molar-refractivity contribution in [3.05, 3.63) is 11.6 Å². The Morgan fingerprint density at radius 2 is 1.18 bits per heavy atom. The summed E-state index contributed by atoms with van der Waals surface area (Å²) >= 11 is 0. The number of hydrogen-bond acceptors (Lipinski definition) is 7. The lowest BCUT2D eigenvalue weighted by Gasteiger charge is -2.26. The van der Waals surface area contributed by atoms with Crippen molar-refractivity contribution in [3.63, 3.8) is 0 Å². The average molecular weight is 623 g/mol. The average Bonchev–Trinajstić information content (AvgIpc) is 3.77. The molecule has 44 heavy (non-hydrogen) atoms. The summed E-state index contributed by atoms with van der Waals surface area (Å²) in [6.07, 6.45) is 25.4. The molecule has 3 heterocycles. The lowest BCUT2D eigenvalue weighted by Crippen LogP contribution is -2.39. The topological polar surface area (TPSA) is 105 Å². The van der Waals surface area contributed by atoms with Gasteiger partial charge in [0.25, 0.3) is 0 Å². The standard InChI is InChI=1S/C37H66O7/c1-3-4-5-6-11-16-19-22-31(39)36(40)35-26-25-34(44-35)33-24-23-32(43-33)30(38)21-18-15-13-10-8-7-9-12-14-17-20-29-27-28(2)42-37(29)41/h27-28,30-36,38-40H,3-26H2,1-2H3/t28-,30+,31-,32+,33-,34+,35-,36-/m0/s1. The Hall–Kier alpha value is -0.990. The highest BCUT2D eigenvalue weighted by Crippen LogP contribution is 2.35. The summed E-state index contributed by atoms with van der Waals surface area (Å²) in [4.78, 5) is 11.6. The zero-order chi connectivity index (χ0) is 31.6. The first-order chi connectivity index (χ1) is 21.4. The molecule has 0 saturated carbocycles. The van der Waals surface area contributed by atoms with Gasteiger partial charge in [-0.15, -0.1) is 0 Å². The number of ether oxygens (including phenoxy) is 3. The number of esters is 1. The monoisotopic (exact) mass is 622 g/mol. The van der Waals surface area contributed by atoms with Gasteiger partial charge in [-0.1, -0.05) is 110 Å². The van der Waals surface area contributed by atoms with Gasteiger partial charge in [-0.25, -0.2) is 4.79 Å². The molecule has 3 aliphatic heterocycles. The Labute approximate surface area is 268 Å². The molecule has 0 aliphatic carbocycles. The second-order valence-corrected chi connectivity index (χ2v) is 14.0. The van der Waals surface area contributed by atoms with Gasteiger partial charge in [-0.3, -0.25) is 0 Å². The predicted octanol–water partition coefficient (Wildman–Crippen LogP) is 7.86. The minimum atomic E-state index is -0.833. The molecular weight excluding hydrogens is 556 g/mol. The van der Waals surface area contributed by atoms with Gasteiger partial charge in [0.05, 0.1) is 36.6 Å². The Kier molecular flexibility index (Phi) is 18.5. The summed E-state index contributed by atoms with van der Waals surface area (Å²) in [5.41, 5.74) is 0.861. The largest absolute Gasteiger partial charge is 0.455 e. The van der Waals surface area contributed by atoms with Crippen molar-refractivity contribution in [1.82, 2.24) is 0 Å². The fourth-order valence-electron chi connectivity index (χ4n) is 7.27. The van der Waals surface area contributed by atoms with Crippen LogP contribution in [0.1, 0.15) is 168 Å². The molecule has 7 nitrogen and oxygen atoms in total. The molecule has 0 aromatic heterocycles. The van der Waals surface area contributed by atoms with Gasteiger partial charge in [0, 0.05) is 5.57 Å². The molecule has 0 amide bonds. The molecule has 3 aliphatic rings. The van der Waals surface area contributed by atoms with Gasteiger partial charge in [-0.05, 0) is 64.4 Å². The molecule has 0 bridgehead atoms. The molecule has 0 unspecified atom stereocenters. The Morgan fingerprint density at radius 1 is 0.682 bits per heavy atom. The first-order valence-electron chi connectivity index (χ1n) is 18.7. The number of unbranched alkanes of at least 4 members (excludes halogenated alkanes) is 15. The van der Waals surface area contributed by atoms with E-state index in [0.717, 1.165) is 76.2 Å². The van der Waals surface area contributed by atoms with Crippen LogP contribution in [-0.2, 0) is 19.0 Å². The van der Waals surface area contributed by atoms with E-state index in [4.69, 9.17) is 14.2 Å². The molecule has 3 rings (SSSR count). The summed E-state index contributed by atoms with van der Waals surface area (Å²) in [5.74, 6) is -0.125. The van der Waals surface area contributed by atoms with Crippen molar-refractivity contribution in [1.29, 1.82) is 0 Å². The summed E-state index contributed by atoms with van der Waals surface area (Å²) in [6.45, 7) is 4.14. The minimum Gasteiger partial charge on any atom is -0.455 e. The van der Waals surface area contributed by atoms with Crippen molar-refractivity contribution >= 4 is 5.97 Å². The van der Waals surface area contributed by atoms with Gasteiger partial charge in [-0.2, -0.15) is 0 Å². The maximum absolute atomic E-state index is 11.6. The number of aliphatic hydroxyl groups excluding tert-OH is 3. The third-order valence-corrected chi connectivity index (χ3v) is 10.1. The van der Waals surface area contributed by atoms with Crippen LogP contribution in [0.3, 0.4) is 0 Å². The lowest BCUT2D eigenvalue weighted by molar-refractivity contribution is -0.139. The molecule has 7 heteroatoms. The van der Waals surface area contributed by atoms with E-state index in [2.05, 4.69) is 6.92 Å². The van der Waals surface area contributed by atoms with Crippen molar-refractivity contribution in [2.24, 2.45) is 0 Å². The fourth-order valence-corrected chi connectivity index (χ4v) is 7.27. The fraction of sp³-hybridized carbons (Fsp3) is 0.919. The number of cyclic esters (lactones) is 1. The van der Waals surface area contributed by atoms with E-state index < -0.39 is 18.3 Å². The third-order valence-electron chi connectivity index (χ3n) is 10.1. The quantitative estimate of drug-likeness (QED) is 0.0703. The summed E-state index contributed by atoms with van der Waals surface area (Å²) in [5, 5.41) is 32.0. The van der Waals surface area contributed by atoms with Crippen LogP contribution in [0.25, 0.3) is 0 Å².